The first-order chi connectivity index (χ1) is 13.5. The van der Waals surface area contributed by atoms with E-state index in [1.165, 1.54) is 11.3 Å². The summed E-state index contributed by atoms with van der Waals surface area (Å²) >= 11 is 7.37. The van der Waals surface area contributed by atoms with Gasteiger partial charge in [-0.1, -0.05) is 35.1 Å². The average Bonchev–Trinajstić information content (AvgIpc) is 3.23. The van der Waals surface area contributed by atoms with Crippen molar-refractivity contribution < 1.29 is 9.53 Å². The molecule has 4 aromatic rings. The van der Waals surface area contributed by atoms with Crippen molar-refractivity contribution in [3.8, 4) is 16.3 Å². The number of fused-ring (bicyclic) bond motifs is 1. The maximum absolute atomic E-state index is 12.3. The highest BCUT2D eigenvalue weighted by Gasteiger charge is 2.12. The molecule has 1 N–H and O–H groups in total. The van der Waals surface area contributed by atoms with Crippen LogP contribution in [0.15, 0.2) is 42.5 Å². The van der Waals surface area contributed by atoms with E-state index < -0.39 is 0 Å². The molecule has 1 amide bonds. The first kappa shape index (κ1) is 18.4. The molecule has 9 heteroatoms. The van der Waals surface area contributed by atoms with Crippen molar-refractivity contribution in [2.45, 2.75) is 13.8 Å². The minimum Gasteiger partial charge on any atom is -0.483 e. The van der Waals surface area contributed by atoms with Crippen molar-refractivity contribution >= 4 is 39.5 Å². The SMILES string of the molecule is Cc1cc(Cl)ccc1OCC(=O)Nc1cccc(-c2nn3c(C)nnc3s2)c1. The van der Waals surface area contributed by atoms with Crippen LogP contribution in [0.25, 0.3) is 15.5 Å². The van der Waals surface area contributed by atoms with Gasteiger partial charge in [0, 0.05) is 16.3 Å². The van der Waals surface area contributed by atoms with Crippen molar-refractivity contribution in [1.29, 1.82) is 0 Å². The predicted molar refractivity (Wildman–Crippen MR) is 109 cm³/mol. The molecule has 7 nitrogen and oxygen atoms in total. The predicted octanol–water partition coefficient (Wildman–Crippen LogP) is 4.14. The fraction of sp³-hybridized carbons (Fsp3) is 0.158. The van der Waals surface area contributed by atoms with E-state index in [0.717, 1.165) is 26.9 Å². The molecule has 0 aliphatic heterocycles. The number of carbonyl (C=O) groups is 1. The number of ether oxygens (including phenoxy) is 1. The van der Waals surface area contributed by atoms with Gasteiger partial charge in [-0.2, -0.15) is 9.61 Å². The molecule has 0 bridgehead atoms. The normalized spacial score (nSPS) is 11.0. The van der Waals surface area contributed by atoms with Gasteiger partial charge in [0.1, 0.15) is 10.8 Å². The maximum atomic E-state index is 12.3. The number of aromatic nitrogens is 4. The van der Waals surface area contributed by atoms with E-state index in [0.29, 0.717) is 16.5 Å². The minimum absolute atomic E-state index is 0.0946. The summed E-state index contributed by atoms with van der Waals surface area (Å²) in [6.07, 6.45) is 0. The first-order valence-electron chi connectivity index (χ1n) is 8.48. The van der Waals surface area contributed by atoms with Crippen LogP contribution in [0, 0.1) is 13.8 Å². The monoisotopic (exact) mass is 413 g/mol. The van der Waals surface area contributed by atoms with Gasteiger partial charge in [-0.05, 0) is 49.7 Å². The van der Waals surface area contributed by atoms with Gasteiger partial charge in [0.15, 0.2) is 12.4 Å². The third kappa shape index (κ3) is 3.83. The summed E-state index contributed by atoms with van der Waals surface area (Å²) in [4.78, 5) is 13.0. The van der Waals surface area contributed by atoms with Crippen LogP contribution in [-0.2, 0) is 4.79 Å². The Kier molecular flexibility index (Phi) is 4.97. The van der Waals surface area contributed by atoms with E-state index in [-0.39, 0.29) is 12.5 Å². The summed E-state index contributed by atoms with van der Waals surface area (Å²) in [7, 11) is 0. The fourth-order valence-electron chi connectivity index (χ4n) is 2.68. The first-order valence-corrected chi connectivity index (χ1v) is 9.67. The molecule has 142 valence electrons. The van der Waals surface area contributed by atoms with Crippen LogP contribution < -0.4 is 10.1 Å². The topological polar surface area (TPSA) is 81.4 Å². The molecule has 0 unspecified atom stereocenters. The zero-order valence-corrected chi connectivity index (χ0v) is 16.7. The van der Waals surface area contributed by atoms with Gasteiger partial charge in [-0.15, -0.1) is 10.2 Å². The smallest absolute Gasteiger partial charge is 0.262 e. The van der Waals surface area contributed by atoms with Gasteiger partial charge in [-0.25, -0.2) is 0 Å². The van der Waals surface area contributed by atoms with E-state index >= 15 is 0 Å². The number of hydrogen-bond acceptors (Lipinski definition) is 6. The minimum atomic E-state index is -0.250. The Hall–Kier alpha value is -2.97. The van der Waals surface area contributed by atoms with Crippen molar-refractivity contribution in [3.05, 3.63) is 58.9 Å². The molecule has 2 aromatic heterocycles. The van der Waals surface area contributed by atoms with E-state index in [1.54, 1.807) is 22.7 Å². The van der Waals surface area contributed by atoms with Crippen LogP contribution >= 0.6 is 22.9 Å². The van der Waals surface area contributed by atoms with Crippen molar-refractivity contribution in [3.63, 3.8) is 0 Å². The lowest BCUT2D eigenvalue weighted by Gasteiger charge is -2.10. The number of benzene rings is 2. The number of nitrogens with zero attached hydrogens (tertiary/aromatic N) is 4. The molecule has 28 heavy (non-hydrogen) atoms. The average molecular weight is 414 g/mol. The molecule has 2 aromatic carbocycles. The number of aryl methyl sites for hydroxylation is 2. The number of amides is 1. The van der Waals surface area contributed by atoms with Gasteiger partial charge < -0.3 is 10.1 Å². The van der Waals surface area contributed by atoms with Gasteiger partial charge in [0.05, 0.1) is 0 Å². The zero-order valence-electron chi connectivity index (χ0n) is 15.1. The second-order valence-corrected chi connectivity index (χ2v) is 7.57. The Morgan fingerprint density at radius 2 is 2.07 bits per heavy atom. The lowest BCUT2D eigenvalue weighted by Crippen LogP contribution is -2.20. The molecule has 4 rings (SSSR count). The summed E-state index contributed by atoms with van der Waals surface area (Å²) in [5, 5.41) is 16.9. The lowest BCUT2D eigenvalue weighted by atomic mass is 10.2. The Balaban J connectivity index is 1.44. The van der Waals surface area contributed by atoms with Crippen LogP contribution in [0.5, 0.6) is 5.75 Å². The number of hydrogen-bond donors (Lipinski definition) is 1. The van der Waals surface area contributed by atoms with Crippen molar-refractivity contribution in [1.82, 2.24) is 19.8 Å². The van der Waals surface area contributed by atoms with Crippen LogP contribution in [0.4, 0.5) is 5.69 Å². The molecular weight excluding hydrogens is 398 g/mol. The van der Waals surface area contributed by atoms with Crippen molar-refractivity contribution in [2.24, 2.45) is 0 Å². The molecule has 0 aliphatic rings. The highest BCUT2D eigenvalue weighted by atomic mass is 35.5. The van der Waals surface area contributed by atoms with Crippen LogP contribution in [0.1, 0.15) is 11.4 Å². The van der Waals surface area contributed by atoms with Gasteiger partial charge in [0.25, 0.3) is 5.91 Å². The molecule has 0 spiro atoms. The molecular formula is C19H16ClN5O2S. The zero-order chi connectivity index (χ0) is 19.7. The largest absolute Gasteiger partial charge is 0.483 e. The quantitative estimate of drug-likeness (QED) is 0.531. The van der Waals surface area contributed by atoms with Crippen LogP contribution in [-0.4, -0.2) is 32.3 Å². The number of halogens is 1. The number of carbonyl (C=O) groups excluding carboxylic acids is 1. The fourth-order valence-corrected chi connectivity index (χ4v) is 3.78. The third-order valence-electron chi connectivity index (χ3n) is 4.04. The molecule has 0 aliphatic carbocycles. The molecule has 0 saturated carbocycles. The standard InChI is InChI=1S/C19H16ClN5O2S/c1-11-8-14(20)6-7-16(11)27-10-17(26)21-15-5-3-4-13(9-15)18-24-25-12(2)22-23-19(25)28-18/h3-9H,10H2,1-2H3,(H,21,26). The highest BCUT2D eigenvalue weighted by molar-refractivity contribution is 7.19. The van der Waals surface area contributed by atoms with Gasteiger partial charge in [0.2, 0.25) is 4.96 Å². The van der Waals surface area contributed by atoms with E-state index in [9.17, 15) is 4.79 Å². The summed E-state index contributed by atoms with van der Waals surface area (Å²) < 4.78 is 7.29. The third-order valence-corrected chi connectivity index (χ3v) is 5.22. The maximum Gasteiger partial charge on any atom is 0.262 e. The summed E-state index contributed by atoms with van der Waals surface area (Å²) in [6.45, 7) is 3.63. The lowest BCUT2D eigenvalue weighted by molar-refractivity contribution is -0.118. The van der Waals surface area contributed by atoms with Crippen molar-refractivity contribution in [2.75, 3.05) is 11.9 Å². The van der Waals surface area contributed by atoms with Crippen LogP contribution in [0.3, 0.4) is 0 Å². The highest BCUT2D eigenvalue weighted by Crippen LogP contribution is 2.27. The Morgan fingerprint density at radius 1 is 1.21 bits per heavy atom. The summed E-state index contributed by atoms with van der Waals surface area (Å²) in [6, 6.07) is 12.8. The number of nitrogens with one attached hydrogen (secondary N) is 1. The van der Waals surface area contributed by atoms with Gasteiger partial charge in [-0.3, -0.25) is 4.79 Å². The van der Waals surface area contributed by atoms with E-state index in [2.05, 4.69) is 20.6 Å². The second-order valence-electron chi connectivity index (χ2n) is 6.18. The molecule has 0 radical (unpaired) electrons. The molecule has 0 fully saturated rings. The Bertz CT molecular complexity index is 1170. The van der Waals surface area contributed by atoms with E-state index in [1.807, 2.05) is 38.1 Å². The molecule has 2 heterocycles. The van der Waals surface area contributed by atoms with E-state index in [4.69, 9.17) is 16.3 Å². The Labute approximate surface area is 169 Å². The molecule has 0 saturated heterocycles. The Morgan fingerprint density at radius 3 is 2.86 bits per heavy atom. The summed E-state index contributed by atoms with van der Waals surface area (Å²) in [5.41, 5.74) is 2.43. The second kappa shape index (κ2) is 7.57. The van der Waals surface area contributed by atoms with Crippen LogP contribution in [0.2, 0.25) is 5.02 Å². The van der Waals surface area contributed by atoms with Gasteiger partial charge >= 0.3 is 0 Å². The molecule has 0 atom stereocenters. The summed E-state index contributed by atoms with van der Waals surface area (Å²) in [5.74, 6) is 1.11. The number of anilines is 1. The number of rotatable bonds is 5.